The molecule has 0 saturated carbocycles. The van der Waals surface area contributed by atoms with Gasteiger partial charge in [-0.25, -0.2) is 9.97 Å². The highest BCUT2D eigenvalue weighted by Gasteiger charge is 2.16. The monoisotopic (exact) mass is 375 g/mol. The van der Waals surface area contributed by atoms with Crippen molar-refractivity contribution in [2.24, 2.45) is 0 Å². The van der Waals surface area contributed by atoms with Gasteiger partial charge >= 0.3 is 0 Å². The van der Waals surface area contributed by atoms with E-state index < -0.39 is 5.91 Å². The van der Waals surface area contributed by atoms with Crippen LogP contribution in [-0.2, 0) is 0 Å². The number of amides is 1. The van der Waals surface area contributed by atoms with E-state index in [2.05, 4.69) is 32.4 Å². The number of carbonyl (C=O) groups excluding carboxylic acids is 1. The van der Waals surface area contributed by atoms with Gasteiger partial charge in [-0.2, -0.15) is 0 Å². The number of halogens is 1. The number of aromatic nitrogens is 4. The first-order valence-electron chi connectivity index (χ1n) is 6.57. The second-order valence-corrected chi connectivity index (χ2v) is 7.92. The average molecular weight is 376 g/mol. The van der Waals surface area contributed by atoms with E-state index in [1.54, 1.807) is 11.8 Å². The minimum atomic E-state index is -0.407. The highest BCUT2D eigenvalue weighted by Crippen LogP contribution is 2.26. The number of hydrogen-bond acceptors (Lipinski definition) is 8. The van der Waals surface area contributed by atoms with Gasteiger partial charge in [0.25, 0.3) is 5.91 Å². The summed E-state index contributed by atoms with van der Waals surface area (Å²) in [5, 5.41) is 11.8. The molecule has 0 aliphatic carbocycles. The SMILES string of the molecule is CCCSc1ncc(Cl)c(C(=O)Nc2nnc(SCC)s2)n1. The lowest BCUT2D eigenvalue weighted by Gasteiger charge is -2.04. The van der Waals surface area contributed by atoms with Crippen molar-refractivity contribution < 1.29 is 4.79 Å². The maximum atomic E-state index is 12.3. The number of anilines is 1. The number of hydrogen-bond donors (Lipinski definition) is 1. The zero-order chi connectivity index (χ0) is 15.9. The molecule has 0 fully saturated rings. The van der Waals surface area contributed by atoms with Gasteiger partial charge < -0.3 is 0 Å². The first-order valence-corrected chi connectivity index (χ1v) is 9.73. The molecule has 10 heteroatoms. The highest BCUT2D eigenvalue weighted by molar-refractivity contribution is 8.01. The molecular formula is C12H14ClN5OS3. The minimum Gasteiger partial charge on any atom is -0.295 e. The van der Waals surface area contributed by atoms with Crippen molar-refractivity contribution in [1.29, 1.82) is 0 Å². The summed E-state index contributed by atoms with van der Waals surface area (Å²) in [6, 6.07) is 0. The molecule has 1 N–H and O–H groups in total. The predicted octanol–water partition coefficient (Wildman–Crippen LogP) is 3.85. The van der Waals surface area contributed by atoms with Gasteiger partial charge in [-0.3, -0.25) is 10.1 Å². The maximum Gasteiger partial charge on any atom is 0.277 e. The second-order valence-electron chi connectivity index (χ2n) is 3.96. The van der Waals surface area contributed by atoms with E-state index >= 15 is 0 Å². The Hall–Kier alpha value is -0.900. The molecule has 0 unspecified atom stereocenters. The largest absolute Gasteiger partial charge is 0.295 e. The zero-order valence-corrected chi connectivity index (χ0v) is 15.2. The molecule has 0 aliphatic heterocycles. The molecule has 6 nitrogen and oxygen atoms in total. The van der Waals surface area contributed by atoms with Crippen LogP contribution >= 0.6 is 46.5 Å². The molecule has 2 rings (SSSR count). The molecule has 0 radical (unpaired) electrons. The summed E-state index contributed by atoms with van der Waals surface area (Å²) in [6.07, 6.45) is 2.45. The summed E-state index contributed by atoms with van der Waals surface area (Å²) < 4.78 is 0.811. The third-order valence-electron chi connectivity index (χ3n) is 2.27. The van der Waals surface area contributed by atoms with Crippen LogP contribution in [0.2, 0.25) is 5.02 Å². The van der Waals surface area contributed by atoms with Gasteiger partial charge in [0.15, 0.2) is 15.2 Å². The van der Waals surface area contributed by atoms with Crippen LogP contribution in [0.5, 0.6) is 0 Å². The topological polar surface area (TPSA) is 80.7 Å². The molecule has 0 atom stereocenters. The van der Waals surface area contributed by atoms with Crippen LogP contribution < -0.4 is 5.32 Å². The molecular weight excluding hydrogens is 362 g/mol. The first-order chi connectivity index (χ1) is 10.6. The molecule has 0 bridgehead atoms. The summed E-state index contributed by atoms with van der Waals surface area (Å²) in [4.78, 5) is 20.6. The Morgan fingerprint density at radius 1 is 1.36 bits per heavy atom. The van der Waals surface area contributed by atoms with Crippen molar-refractivity contribution >= 4 is 57.5 Å². The summed E-state index contributed by atoms with van der Waals surface area (Å²) in [5.74, 6) is 1.38. The van der Waals surface area contributed by atoms with Crippen molar-refractivity contribution in [3.05, 3.63) is 16.9 Å². The second kappa shape index (κ2) is 8.66. The van der Waals surface area contributed by atoms with Gasteiger partial charge in [0, 0.05) is 5.75 Å². The number of nitrogens with zero attached hydrogens (tertiary/aromatic N) is 4. The predicted molar refractivity (Wildman–Crippen MR) is 92.3 cm³/mol. The first kappa shape index (κ1) is 17.5. The molecule has 118 valence electrons. The fourth-order valence-corrected chi connectivity index (χ4v) is 3.86. The van der Waals surface area contributed by atoms with Crippen LogP contribution in [0.1, 0.15) is 30.8 Å². The maximum absolute atomic E-state index is 12.3. The lowest BCUT2D eigenvalue weighted by Crippen LogP contribution is -2.15. The lowest BCUT2D eigenvalue weighted by molar-refractivity contribution is 0.102. The standard InChI is InChI=1S/C12H14ClN5OS3/c1-3-5-21-10-14-6-7(13)8(15-10)9(19)16-11-17-18-12(22-11)20-4-2/h6H,3-5H2,1-2H3,(H,16,17,19). The molecule has 0 saturated heterocycles. The number of rotatable bonds is 7. The van der Waals surface area contributed by atoms with Gasteiger partial charge in [0.1, 0.15) is 0 Å². The summed E-state index contributed by atoms with van der Waals surface area (Å²) in [5.41, 5.74) is 0.148. The zero-order valence-electron chi connectivity index (χ0n) is 12.0. The summed E-state index contributed by atoms with van der Waals surface area (Å²) in [6.45, 7) is 4.10. The van der Waals surface area contributed by atoms with E-state index in [1.807, 2.05) is 6.92 Å². The Kier molecular flexibility index (Phi) is 6.87. The third-order valence-corrected chi connectivity index (χ3v) is 5.47. The van der Waals surface area contributed by atoms with E-state index in [-0.39, 0.29) is 10.7 Å². The fourth-order valence-electron chi connectivity index (χ4n) is 1.37. The highest BCUT2D eigenvalue weighted by atomic mass is 35.5. The van der Waals surface area contributed by atoms with Crippen LogP contribution in [0.4, 0.5) is 5.13 Å². The van der Waals surface area contributed by atoms with Crippen LogP contribution in [0, 0.1) is 0 Å². The Balaban J connectivity index is 2.10. The summed E-state index contributed by atoms with van der Waals surface area (Å²) >= 11 is 10.4. The average Bonchev–Trinajstić information content (AvgIpc) is 2.94. The van der Waals surface area contributed by atoms with Crippen LogP contribution in [-0.4, -0.2) is 37.6 Å². The van der Waals surface area contributed by atoms with E-state index in [9.17, 15) is 4.79 Å². The normalized spacial score (nSPS) is 10.7. The van der Waals surface area contributed by atoms with Crippen molar-refractivity contribution in [1.82, 2.24) is 20.2 Å². The van der Waals surface area contributed by atoms with E-state index in [0.717, 1.165) is 22.3 Å². The lowest BCUT2D eigenvalue weighted by atomic mass is 10.4. The van der Waals surface area contributed by atoms with Crippen molar-refractivity contribution in [2.75, 3.05) is 16.8 Å². The van der Waals surface area contributed by atoms with Crippen molar-refractivity contribution in [3.8, 4) is 0 Å². The Labute approximate surface area is 145 Å². The van der Waals surface area contributed by atoms with E-state index in [1.165, 1.54) is 29.3 Å². The van der Waals surface area contributed by atoms with Gasteiger partial charge in [0.05, 0.1) is 11.2 Å². The summed E-state index contributed by atoms with van der Waals surface area (Å²) in [7, 11) is 0. The minimum absolute atomic E-state index is 0.148. The molecule has 1 amide bonds. The molecule has 2 aromatic rings. The van der Waals surface area contributed by atoms with Gasteiger partial charge in [-0.15, -0.1) is 10.2 Å². The van der Waals surface area contributed by atoms with Gasteiger partial charge in [0.2, 0.25) is 5.13 Å². The number of nitrogens with one attached hydrogen (secondary N) is 1. The molecule has 0 aromatic carbocycles. The fraction of sp³-hybridized carbons (Fsp3) is 0.417. The molecule has 2 heterocycles. The van der Waals surface area contributed by atoms with Gasteiger partial charge in [-0.05, 0) is 12.2 Å². The van der Waals surface area contributed by atoms with Crippen LogP contribution in [0.25, 0.3) is 0 Å². The number of carbonyl (C=O) groups is 1. The van der Waals surface area contributed by atoms with E-state index in [0.29, 0.717) is 10.3 Å². The molecule has 22 heavy (non-hydrogen) atoms. The van der Waals surface area contributed by atoms with Crippen LogP contribution in [0.15, 0.2) is 15.7 Å². The number of thioether (sulfide) groups is 2. The quantitative estimate of drug-likeness (QED) is 0.447. The van der Waals surface area contributed by atoms with Crippen molar-refractivity contribution in [3.63, 3.8) is 0 Å². The van der Waals surface area contributed by atoms with Crippen molar-refractivity contribution in [2.45, 2.75) is 29.8 Å². The molecule has 0 aliphatic rings. The smallest absolute Gasteiger partial charge is 0.277 e. The molecule has 2 aromatic heterocycles. The molecule has 0 spiro atoms. The third kappa shape index (κ3) is 4.80. The Morgan fingerprint density at radius 2 is 2.18 bits per heavy atom. The Morgan fingerprint density at radius 3 is 2.91 bits per heavy atom. The Bertz CT molecular complexity index is 651. The van der Waals surface area contributed by atoms with E-state index in [4.69, 9.17) is 11.6 Å². The van der Waals surface area contributed by atoms with Crippen LogP contribution in [0.3, 0.4) is 0 Å². The van der Waals surface area contributed by atoms with Gasteiger partial charge in [-0.1, -0.05) is 60.3 Å².